The van der Waals surface area contributed by atoms with Crippen molar-refractivity contribution in [3.63, 3.8) is 0 Å². The summed E-state index contributed by atoms with van der Waals surface area (Å²) in [5.41, 5.74) is -1.31. The van der Waals surface area contributed by atoms with Crippen molar-refractivity contribution in [2.75, 3.05) is 28.8 Å². The highest BCUT2D eigenvalue weighted by Gasteiger charge is 2.67. The molecular weight excluding hydrogens is 651 g/mol. The number of rotatable bonds is 16. The maximum atomic E-state index is 14.0. The fourth-order valence-electron chi connectivity index (χ4n) is 3.92. The van der Waals surface area contributed by atoms with Crippen molar-refractivity contribution in [3.05, 3.63) is 103 Å². The first kappa shape index (κ1) is 35.0. The molecule has 0 N–H and O–H groups in total. The Morgan fingerprint density at radius 1 is 0.690 bits per heavy atom. The Kier molecular flexibility index (Phi) is 10.5. The van der Waals surface area contributed by atoms with Crippen molar-refractivity contribution in [2.45, 2.75) is 4.33 Å². The van der Waals surface area contributed by atoms with Gasteiger partial charge in [-0.15, -0.1) is 32.9 Å². The number of sulfone groups is 4. The zero-order valence-corrected chi connectivity index (χ0v) is 26.3. The molecule has 13 nitrogen and oxygen atoms in total. The van der Waals surface area contributed by atoms with E-state index in [1.807, 2.05) is 0 Å². The Morgan fingerprint density at radius 3 is 1.60 bits per heavy atom. The van der Waals surface area contributed by atoms with Crippen molar-refractivity contribution in [2.24, 2.45) is 4.99 Å². The first-order chi connectivity index (χ1) is 19.4. The Balaban J connectivity index is 3.66. The van der Waals surface area contributed by atoms with E-state index in [0.717, 1.165) is 42.6 Å². The molecule has 0 amide bonds. The van der Waals surface area contributed by atoms with Gasteiger partial charge in [0.2, 0.25) is 29.7 Å². The second kappa shape index (κ2) is 12.6. The van der Waals surface area contributed by atoms with Gasteiger partial charge < -0.3 is 0 Å². The number of allylic oxidation sites excluding steroid dienone is 1. The van der Waals surface area contributed by atoms with Crippen LogP contribution in [0.15, 0.2) is 103 Å². The van der Waals surface area contributed by atoms with E-state index in [0.29, 0.717) is 0 Å². The molecule has 0 radical (unpaired) electrons. The molecule has 18 heteroatoms. The Hall–Kier alpha value is -3.19. The fourth-order valence-corrected chi connectivity index (χ4v) is 14.8. The third-order valence-electron chi connectivity index (χ3n) is 5.41. The van der Waals surface area contributed by atoms with E-state index >= 15 is 0 Å². The van der Waals surface area contributed by atoms with Gasteiger partial charge in [-0.25, -0.2) is 51.4 Å². The molecule has 230 valence electrons. The highest BCUT2D eigenvalue weighted by molar-refractivity contribution is 8.11. The Morgan fingerprint density at radius 2 is 1.17 bits per heavy atom. The van der Waals surface area contributed by atoms with Crippen molar-refractivity contribution >= 4 is 55.1 Å². The summed E-state index contributed by atoms with van der Waals surface area (Å²) in [5, 5.41) is -1.65. The van der Waals surface area contributed by atoms with Crippen LogP contribution in [0.1, 0.15) is 5.56 Å². The number of sulfonamides is 1. The van der Waals surface area contributed by atoms with Crippen LogP contribution in [-0.4, -0.2) is 90.2 Å². The highest BCUT2D eigenvalue weighted by Crippen LogP contribution is 2.46. The average Bonchev–Trinajstić information content (AvgIpc) is 2.87. The first-order valence-electron chi connectivity index (χ1n) is 11.6. The normalized spacial score (nSPS) is 16.3. The van der Waals surface area contributed by atoms with Crippen LogP contribution in [0.4, 0.5) is 0 Å². The molecule has 0 aromatic carbocycles. The molecule has 0 bridgehead atoms. The topological polar surface area (TPSA) is 199 Å². The predicted molar refractivity (Wildman–Crippen MR) is 162 cm³/mol. The molecule has 0 aliphatic carbocycles. The minimum Gasteiger partial charge on any atom is -0.264 e. The molecule has 2 rings (SSSR count). The summed E-state index contributed by atoms with van der Waals surface area (Å²) in [7, 11) is -26.4. The van der Waals surface area contributed by atoms with E-state index in [1.165, 1.54) is 12.3 Å². The van der Waals surface area contributed by atoms with Crippen molar-refractivity contribution in [1.82, 2.24) is 9.29 Å². The van der Waals surface area contributed by atoms with E-state index in [2.05, 4.69) is 42.9 Å². The van der Waals surface area contributed by atoms with E-state index < -0.39 is 102 Å². The summed E-state index contributed by atoms with van der Waals surface area (Å²) >= 11 is 0. The summed E-state index contributed by atoms with van der Waals surface area (Å²) in [6.45, 7) is 16.5. The van der Waals surface area contributed by atoms with Gasteiger partial charge in [0.1, 0.15) is 4.91 Å². The summed E-state index contributed by atoms with van der Waals surface area (Å²) in [6.07, 6.45) is 6.07. The molecule has 0 saturated heterocycles. The van der Waals surface area contributed by atoms with Gasteiger partial charge in [-0.3, -0.25) is 4.98 Å². The molecule has 0 spiro atoms. The second-order valence-corrected chi connectivity index (χ2v) is 18.8. The molecule has 2 heterocycles. The van der Waals surface area contributed by atoms with E-state index in [1.54, 1.807) is 0 Å². The highest BCUT2D eigenvalue weighted by atomic mass is 32.3. The standard InChI is InChI=1S/C24H29N3O10S5/c1-6-14-38(28,29)22-21(20-12-11-13-25-19-20)26-24(40(32,33)16-8-3,41(34,35)17-9-4)27(42(36,37)18-10-5)23(22)39(30,31)15-7-2/h6-13,19H,1-5,14-18H2. The van der Waals surface area contributed by atoms with Gasteiger partial charge in [0.25, 0.3) is 0 Å². The molecule has 1 aliphatic rings. The number of hydrogen-bond acceptors (Lipinski definition) is 12. The van der Waals surface area contributed by atoms with Gasteiger partial charge in [0, 0.05) is 18.0 Å². The van der Waals surface area contributed by atoms with Gasteiger partial charge in [0.05, 0.1) is 34.5 Å². The van der Waals surface area contributed by atoms with Crippen LogP contribution < -0.4 is 0 Å². The maximum Gasteiger partial charge on any atom is 0.352 e. The first-order valence-corrected chi connectivity index (χ1v) is 19.8. The van der Waals surface area contributed by atoms with Crippen LogP contribution in [0.5, 0.6) is 0 Å². The smallest absolute Gasteiger partial charge is 0.264 e. The van der Waals surface area contributed by atoms with Crippen molar-refractivity contribution < 1.29 is 42.1 Å². The summed E-state index contributed by atoms with van der Waals surface area (Å²) in [4.78, 5) is 6.46. The fraction of sp³-hybridized carbons (Fsp3) is 0.250. The van der Waals surface area contributed by atoms with E-state index in [4.69, 9.17) is 0 Å². The molecule has 1 aromatic rings. The van der Waals surface area contributed by atoms with Crippen LogP contribution in [0.25, 0.3) is 0 Å². The largest absolute Gasteiger partial charge is 0.352 e. The number of aliphatic imine (C=N–C) groups is 1. The molecule has 42 heavy (non-hydrogen) atoms. The number of aromatic nitrogens is 1. The van der Waals surface area contributed by atoms with Crippen LogP contribution in [-0.2, 0) is 49.4 Å². The lowest BCUT2D eigenvalue weighted by molar-refractivity contribution is 0.403. The third kappa shape index (κ3) is 6.12. The van der Waals surface area contributed by atoms with Crippen molar-refractivity contribution in [3.8, 4) is 0 Å². The van der Waals surface area contributed by atoms with Crippen LogP contribution in [0.2, 0.25) is 0 Å². The zero-order valence-electron chi connectivity index (χ0n) is 22.2. The Bertz CT molecular complexity index is 1870. The summed E-state index contributed by atoms with van der Waals surface area (Å²) in [5.74, 6) is -5.78. The second-order valence-electron chi connectivity index (χ2n) is 8.50. The van der Waals surface area contributed by atoms with Crippen molar-refractivity contribution in [1.29, 1.82) is 0 Å². The molecule has 1 aliphatic heterocycles. The van der Waals surface area contributed by atoms with Crippen LogP contribution >= 0.6 is 0 Å². The van der Waals surface area contributed by atoms with Gasteiger partial charge in [-0.05, 0) is 12.1 Å². The lowest BCUT2D eigenvalue weighted by Crippen LogP contribution is -2.64. The molecule has 1 aromatic heterocycles. The number of nitrogens with zero attached hydrogens (tertiary/aromatic N) is 3. The Labute approximate surface area is 246 Å². The van der Waals surface area contributed by atoms with Gasteiger partial charge in [0.15, 0.2) is 24.7 Å². The minimum atomic E-state index is -5.44. The van der Waals surface area contributed by atoms with Crippen LogP contribution in [0, 0.1) is 0 Å². The maximum absolute atomic E-state index is 14.0. The summed E-state index contributed by atoms with van der Waals surface area (Å²) in [6, 6.07) is 2.42. The molecule has 0 saturated carbocycles. The van der Waals surface area contributed by atoms with E-state index in [9.17, 15) is 42.1 Å². The zero-order chi connectivity index (χ0) is 32.2. The monoisotopic (exact) mass is 679 g/mol. The molecule has 0 unspecified atom stereocenters. The minimum absolute atomic E-state index is 0.334. The average molecular weight is 680 g/mol. The van der Waals surface area contributed by atoms with Gasteiger partial charge >= 0.3 is 4.33 Å². The van der Waals surface area contributed by atoms with Gasteiger partial charge in [-0.2, -0.15) is 0 Å². The molecular formula is C24H29N3O10S5. The van der Waals surface area contributed by atoms with Gasteiger partial charge in [-0.1, -0.05) is 30.4 Å². The predicted octanol–water partition coefficient (Wildman–Crippen LogP) is 0.886. The number of hydrogen-bond donors (Lipinski definition) is 0. The lowest BCUT2D eigenvalue weighted by atomic mass is 10.1. The van der Waals surface area contributed by atoms with E-state index in [-0.39, 0.29) is 5.56 Å². The third-order valence-corrected chi connectivity index (χ3v) is 15.9. The molecule has 0 atom stereocenters. The quantitative estimate of drug-likeness (QED) is 0.225. The number of pyridine rings is 1. The summed E-state index contributed by atoms with van der Waals surface area (Å²) < 4.78 is 135. The lowest BCUT2D eigenvalue weighted by Gasteiger charge is -2.43. The SMILES string of the molecule is C=CCS(=O)(=O)C1=C(S(=O)(=O)CC=C)N(S(=O)(=O)CC=C)C(S(=O)(=O)CC=C)(S(=O)(=O)CC=C)N=C1c1cccnc1. The molecule has 0 fully saturated rings. The van der Waals surface area contributed by atoms with Crippen LogP contribution in [0.3, 0.4) is 0 Å².